The number of alkyl halides is 1. The number of hydrogen-bond acceptors (Lipinski definition) is 5. The van der Waals surface area contributed by atoms with Gasteiger partial charge in [0.2, 0.25) is 11.8 Å². The Kier molecular flexibility index (Phi) is 6.76. The molecule has 3 amide bonds. The molecule has 0 saturated carbocycles. The maximum Gasteiger partial charge on any atom is 0.257 e. The summed E-state index contributed by atoms with van der Waals surface area (Å²) < 4.78 is 20.5. The number of amides is 3. The minimum Gasteiger partial charge on any atom is -0.361 e. The molecule has 3 saturated heterocycles. The Labute approximate surface area is 215 Å². The van der Waals surface area contributed by atoms with Gasteiger partial charge in [-0.3, -0.25) is 14.4 Å². The fraction of sp³-hybridized carbons (Fsp3) is 0.464. The summed E-state index contributed by atoms with van der Waals surface area (Å²) in [5.41, 5.74) is 7.47. The minimum absolute atomic E-state index is 0.0847. The lowest BCUT2D eigenvalue weighted by molar-refractivity contribution is -0.161. The van der Waals surface area contributed by atoms with Crippen molar-refractivity contribution in [2.45, 2.75) is 62.6 Å². The quantitative estimate of drug-likeness (QED) is 0.623. The van der Waals surface area contributed by atoms with Gasteiger partial charge in [-0.1, -0.05) is 54.6 Å². The molecule has 5 rings (SSSR count). The molecule has 0 spiro atoms. The number of morpholine rings is 1. The molecule has 3 aliphatic rings. The highest BCUT2D eigenvalue weighted by molar-refractivity contribution is 5.94. The summed E-state index contributed by atoms with van der Waals surface area (Å²) in [6.07, 6.45) is -1.04. The molecule has 0 aliphatic carbocycles. The Morgan fingerprint density at radius 2 is 1.70 bits per heavy atom. The summed E-state index contributed by atoms with van der Waals surface area (Å²) in [7, 11) is 0. The van der Waals surface area contributed by atoms with Crippen molar-refractivity contribution in [3.05, 3.63) is 71.3 Å². The number of carbonyl (C=O) groups is 3. The van der Waals surface area contributed by atoms with Gasteiger partial charge < -0.3 is 25.6 Å². The van der Waals surface area contributed by atoms with Crippen LogP contribution in [-0.4, -0.2) is 71.1 Å². The van der Waals surface area contributed by atoms with Crippen LogP contribution in [0.4, 0.5) is 4.39 Å². The number of nitrogens with two attached hydrogens (primary N) is 1. The predicted molar refractivity (Wildman–Crippen MR) is 135 cm³/mol. The lowest BCUT2D eigenvalue weighted by atomic mass is 9.96. The summed E-state index contributed by atoms with van der Waals surface area (Å²) in [6, 6.07) is 15.5. The van der Waals surface area contributed by atoms with Crippen LogP contribution in [0.15, 0.2) is 54.6 Å². The summed E-state index contributed by atoms with van der Waals surface area (Å²) >= 11 is 0. The zero-order chi connectivity index (χ0) is 26.3. The maximum absolute atomic E-state index is 14.7. The van der Waals surface area contributed by atoms with E-state index in [0.717, 1.165) is 16.7 Å². The SMILES string of the molecule is CC(=O)N1C[C@]2(C(=O)N3C[C@H](F)C[C@H]3C(=O)N[C@@H](c3ccccc3)c3ccc(C(C)N)cc3)CC1CO2. The van der Waals surface area contributed by atoms with Crippen molar-refractivity contribution in [1.82, 2.24) is 15.1 Å². The van der Waals surface area contributed by atoms with Crippen LogP contribution >= 0.6 is 0 Å². The number of likely N-dealkylation sites (tertiary alicyclic amines) is 2. The molecule has 9 heteroatoms. The molecule has 3 N–H and O–H groups in total. The van der Waals surface area contributed by atoms with E-state index in [-0.39, 0.29) is 44.1 Å². The van der Waals surface area contributed by atoms with E-state index in [0.29, 0.717) is 6.42 Å². The van der Waals surface area contributed by atoms with Gasteiger partial charge in [-0.25, -0.2) is 4.39 Å². The number of carbonyl (C=O) groups excluding carboxylic acids is 3. The lowest BCUT2D eigenvalue weighted by Crippen LogP contribution is -2.57. The molecule has 6 atom stereocenters. The molecule has 2 aromatic rings. The van der Waals surface area contributed by atoms with Crippen molar-refractivity contribution in [3.63, 3.8) is 0 Å². The summed E-state index contributed by atoms with van der Waals surface area (Å²) in [5.74, 6) is -0.967. The average Bonchev–Trinajstić information content (AvgIpc) is 3.61. The van der Waals surface area contributed by atoms with Crippen LogP contribution in [-0.2, 0) is 19.1 Å². The molecule has 0 aromatic heterocycles. The molecule has 37 heavy (non-hydrogen) atoms. The van der Waals surface area contributed by atoms with Crippen molar-refractivity contribution in [2.75, 3.05) is 19.7 Å². The van der Waals surface area contributed by atoms with Gasteiger partial charge in [-0.2, -0.15) is 0 Å². The van der Waals surface area contributed by atoms with E-state index >= 15 is 0 Å². The van der Waals surface area contributed by atoms with Crippen LogP contribution in [0.2, 0.25) is 0 Å². The van der Waals surface area contributed by atoms with Gasteiger partial charge in [0.25, 0.3) is 5.91 Å². The van der Waals surface area contributed by atoms with Crippen molar-refractivity contribution < 1.29 is 23.5 Å². The number of benzene rings is 2. The van der Waals surface area contributed by atoms with Crippen LogP contribution in [0.3, 0.4) is 0 Å². The number of fused-ring (bicyclic) bond motifs is 2. The van der Waals surface area contributed by atoms with E-state index in [1.54, 1.807) is 4.90 Å². The van der Waals surface area contributed by atoms with E-state index in [9.17, 15) is 18.8 Å². The van der Waals surface area contributed by atoms with Gasteiger partial charge >= 0.3 is 0 Å². The highest BCUT2D eigenvalue weighted by atomic mass is 19.1. The van der Waals surface area contributed by atoms with E-state index in [2.05, 4.69) is 5.32 Å². The van der Waals surface area contributed by atoms with E-state index in [1.807, 2.05) is 61.5 Å². The number of rotatable bonds is 6. The second kappa shape index (κ2) is 9.87. The highest BCUT2D eigenvalue weighted by Crippen LogP contribution is 2.40. The van der Waals surface area contributed by atoms with Gasteiger partial charge in [0, 0.05) is 25.8 Å². The van der Waals surface area contributed by atoms with Gasteiger partial charge in [0.05, 0.1) is 31.8 Å². The molecule has 2 bridgehead atoms. The minimum atomic E-state index is -1.32. The van der Waals surface area contributed by atoms with Gasteiger partial charge in [-0.15, -0.1) is 0 Å². The first-order chi connectivity index (χ1) is 17.7. The Bertz CT molecular complexity index is 1170. The van der Waals surface area contributed by atoms with Crippen molar-refractivity contribution in [2.24, 2.45) is 5.73 Å². The van der Waals surface area contributed by atoms with Crippen LogP contribution in [0.1, 0.15) is 55.5 Å². The molecule has 3 fully saturated rings. The lowest BCUT2D eigenvalue weighted by Gasteiger charge is -2.35. The normalized spacial score (nSPS) is 28.3. The number of ether oxygens (including phenoxy) is 1. The van der Waals surface area contributed by atoms with Gasteiger partial charge in [-0.05, 0) is 23.6 Å². The van der Waals surface area contributed by atoms with Crippen LogP contribution in [0.25, 0.3) is 0 Å². The molecule has 196 valence electrons. The van der Waals surface area contributed by atoms with Crippen LogP contribution < -0.4 is 11.1 Å². The Morgan fingerprint density at radius 1 is 1.05 bits per heavy atom. The third-order valence-electron chi connectivity index (χ3n) is 7.81. The molecule has 3 aliphatic heterocycles. The summed E-state index contributed by atoms with van der Waals surface area (Å²) in [6.45, 7) is 3.59. The second-order valence-corrected chi connectivity index (χ2v) is 10.4. The number of halogens is 1. The van der Waals surface area contributed by atoms with Crippen molar-refractivity contribution in [1.29, 1.82) is 0 Å². The monoisotopic (exact) mass is 508 g/mol. The first kappa shape index (κ1) is 25.4. The van der Waals surface area contributed by atoms with Gasteiger partial charge in [0.1, 0.15) is 12.2 Å². The van der Waals surface area contributed by atoms with Crippen molar-refractivity contribution >= 4 is 17.7 Å². The smallest absolute Gasteiger partial charge is 0.257 e. The fourth-order valence-corrected chi connectivity index (χ4v) is 5.81. The molecule has 2 aromatic carbocycles. The number of hydrogen-bond donors (Lipinski definition) is 2. The van der Waals surface area contributed by atoms with Crippen LogP contribution in [0.5, 0.6) is 0 Å². The number of nitrogens with zero attached hydrogens (tertiary/aromatic N) is 2. The molecule has 8 nitrogen and oxygen atoms in total. The molecule has 3 heterocycles. The molecule has 2 unspecified atom stereocenters. The first-order valence-corrected chi connectivity index (χ1v) is 12.8. The van der Waals surface area contributed by atoms with Crippen LogP contribution in [0, 0.1) is 0 Å². The first-order valence-electron chi connectivity index (χ1n) is 12.8. The molecular formula is C28H33FN4O4. The number of nitrogens with one attached hydrogen (secondary N) is 1. The van der Waals surface area contributed by atoms with E-state index in [4.69, 9.17) is 10.5 Å². The zero-order valence-corrected chi connectivity index (χ0v) is 21.1. The highest BCUT2D eigenvalue weighted by Gasteiger charge is 2.59. The third kappa shape index (κ3) is 4.73. The Hall–Kier alpha value is -3.30. The molecule has 0 radical (unpaired) electrons. The second-order valence-electron chi connectivity index (χ2n) is 10.4. The largest absolute Gasteiger partial charge is 0.361 e. The Morgan fingerprint density at radius 3 is 2.32 bits per heavy atom. The summed E-state index contributed by atoms with van der Waals surface area (Å²) in [4.78, 5) is 42.3. The maximum atomic E-state index is 14.7. The fourth-order valence-electron chi connectivity index (χ4n) is 5.81. The molecular weight excluding hydrogens is 475 g/mol. The third-order valence-corrected chi connectivity index (χ3v) is 7.81. The zero-order valence-electron chi connectivity index (χ0n) is 21.1. The van der Waals surface area contributed by atoms with E-state index < -0.39 is 35.7 Å². The average molecular weight is 509 g/mol. The topological polar surface area (TPSA) is 105 Å². The Balaban J connectivity index is 1.39. The van der Waals surface area contributed by atoms with E-state index in [1.165, 1.54) is 11.8 Å². The predicted octanol–water partition coefficient (Wildman–Crippen LogP) is 2.24. The standard InChI is InChI=1S/C28H33FN4O4/c1-17(30)19-8-10-21(11-9-19)25(20-6-4-3-5-7-20)31-26(35)24-12-22(29)14-32(24)27(36)28-13-23(15-37-28)33(16-28)18(2)34/h3-11,17,22-25H,12-16,30H2,1-2H3,(H,31,35)/t17?,22-,23?,24+,25+,28+/m1/s1. The van der Waals surface area contributed by atoms with Crippen molar-refractivity contribution in [3.8, 4) is 0 Å². The van der Waals surface area contributed by atoms with Gasteiger partial charge in [0.15, 0.2) is 5.60 Å². The summed E-state index contributed by atoms with van der Waals surface area (Å²) in [5, 5.41) is 3.07.